The van der Waals surface area contributed by atoms with Gasteiger partial charge in [0.1, 0.15) is 5.82 Å². The first kappa shape index (κ1) is 15.4. The number of likely N-dealkylation sites (N-methyl/N-ethyl adjacent to an activating group) is 1. The zero-order valence-electron chi connectivity index (χ0n) is 11.4. The summed E-state index contributed by atoms with van der Waals surface area (Å²) >= 11 is 5.98. The predicted molar refractivity (Wildman–Crippen MR) is 73.2 cm³/mol. The van der Waals surface area contributed by atoms with Gasteiger partial charge in [-0.15, -0.1) is 0 Å². The highest BCUT2D eigenvalue weighted by atomic mass is 35.5. The van der Waals surface area contributed by atoms with Gasteiger partial charge in [-0.25, -0.2) is 4.98 Å². The molecule has 0 radical (unpaired) electrons. The number of piperidine rings is 1. The maximum atomic E-state index is 12.6. The first-order valence-electron chi connectivity index (χ1n) is 6.43. The number of rotatable bonds is 2. The molecule has 0 spiro atoms. The van der Waals surface area contributed by atoms with E-state index in [1.165, 1.54) is 0 Å². The Hall–Kier alpha value is -1.01. The van der Waals surface area contributed by atoms with E-state index in [2.05, 4.69) is 9.88 Å². The molecule has 1 aliphatic rings. The zero-order chi connectivity index (χ0) is 14.9. The standard InChI is InChI=1S/C13H17ClF3N3/c1-19(2)10-4-3-5-20(8-10)12-11(14)6-9(7-18-12)13(15,16)17/h6-7,10H,3-5,8H2,1-2H3. The van der Waals surface area contributed by atoms with Gasteiger partial charge in [-0.3, -0.25) is 0 Å². The summed E-state index contributed by atoms with van der Waals surface area (Å²) in [5.41, 5.74) is -0.813. The second kappa shape index (κ2) is 5.77. The van der Waals surface area contributed by atoms with Gasteiger partial charge in [0.25, 0.3) is 0 Å². The van der Waals surface area contributed by atoms with Crippen LogP contribution in [0.4, 0.5) is 19.0 Å². The highest BCUT2D eigenvalue weighted by Gasteiger charge is 2.32. The van der Waals surface area contributed by atoms with E-state index in [1.54, 1.807) is 0 Å². The van der Waals surface area contributed by atoms with Crippen LogP contribution >= 0.6 is 11.6 Å². The third-order valence-corrected chi connectivity index (χ3v) is 3.85. The summed E-state index contributed by atoms with van der Waals surface area (Å²) in [4.78, 5) is 7.99. The Bertz CT molecular complexity index is 476. The molecule has 1 unspecified atom stereocenters. The van der Waals surface area contributed by atoms with Gasteiger partial charge < -0.3 is 9.80 Å². The molecule has 1 saturated heterocycles. The topological polar surface area (TPSA) is 19.4 Å². The highest BCUT2D eigenvalue weighted by Crippen LogP contribution is 2.34. The number of alkyl halides is 3. The molecule has 1 atom stereocenters. The maximum absolute atomic E-state index is 12.6. The second-order valence-electron chi connectivity index (χ2n) is 5.23. The molecule has 1 aromatic heterocycles. The molecule has 7 heteroatoms. The van der Waals surface area contributed by atoms with Gasteiger partial charge in [0, 0.05) is 25.3 Å². The Morgan fingerprint density at radius 1 is 1.40 bits per heavy atom. The Labute approximate surface area is 121 Å². The van der Waals surface area contributed by atoms with Gasteiger partial charge in [0.05, 0.1) is 10.6 Å². The molecule has 0 bridgehead atoms. The van der Waals surface area contributed by atoms with Crippen molar-refractivity contribution in [3.8, 4) is 0 Å². The van der Waals surface area contributed by atoms with Gasteiger partial charge in [0.15, 0.2) is 0 Å². The molecule has 0 saturated carbocycles. The Balaban J connectivity index is 2.21. The van der Waals surface area contributed by atoms with E-state index in [4.69, 9.17) is 11.6 Å². The monoisotopic (exact) mass is 307 g/mol. The van der Waals surface area contributed by atoms with E-state index >= 15 is 0 Å². The van der Waals surface area contributed by atoms with Crippen LogP contribution in [-0.4, -0.2) is 43.1 Å². The lowest BCUT2D eigenvalue weighted by atomic mass is 10.0. The second-order valence-corrected chi connectivity index (χ2v) is 5.64. The van der Waals surface area contributed by atoms with Gasteiger partial charge in [0.2, 0.25) is 0 Å². The molecule has 1 aliphatic heterocycles. The van der Waals surface area contributed by atoms with Crippen molar-refractivity contribution in [2.75, 3.05) is 32.1 Å². The minimum atomic E-state index is -4.41. The fourth-order valence-electron chi connectivity index (χ4n) is 2.39. The summed E-state index contributed by atoms with van der Waals surface area (Å²) < 4.78 is 37.8. The summed E-state index contributed by atoms with van der Waals surface area (Å²) in [7, 11) is 3.99. The molecule has 112 valence electrons. The fraction of sp³-hybridized carbons (Fsp3) is 0.615. The molecule has 0 aliphatic carbocycles. The zero-order valence-corrected chi connectivity index (χ0v) is 12.2. The van der Waals surface area contributed by atoms with Gasteiger partial charge in [-0.1, -0.05) is 11.6 Å². The van der Waals surface area contributed by atoms with Crippen molar-refractivity contribution >= 4 is 17.4 Å². The number of anilines is 1. The van der Waals surface area contributed by atoms with Crippen LogP contribution in [0.1, 0.15) is 18.4 Å². The summed E-state index contributed by atoms with van der Waals surface area (Å²) in [6.45, 7) is 1.49. The van der Waals surface area contributed by atoms with Crippen molar-refractivity contribution in [1.29, 1.82) is 0 Å². The van der Waals surface area contributed by atoms with Gasteiger partial charge in [-0.2, -0.15) is 13.2 Å². The third kappa shape index (κ3) is 3.35. The average Bonchev–Trinajstić information content (AvgIpc) is 2.37. The first-order valence-corrected chi connectivity index (χ1v) is 6.81. The average molecular weight is 308 g/mol. The number of hydrogen-bond donors (Lipinski definition) is 0. The molecule has 3 nitrogen and oxygen atoms in total. The van der Waals surface area contributed by atoms with Crippen LogP contribution in [0.15, 0.2) is 12.3 Å². The summed E-state index contributed by atoms with van der Waals surface area (Å²) in [6, 6.07) is 1.31. The van der Waals surface area contributed by atoms with Crippen molar-refractivity contribution in [2.45, 2.75) is 25.1 Å². The highest BCUT2D eigenvalue weighted by molar-refractivity contribution is 6.33. The number of halogens is 4. The molecule has 2 rings (SSSR count). The van der Waals surface area contributed by atoms with Gasteiger partial charge in [-0.05, 0) is 33.0 Å². The minimum absolute atomic E-state index is 0.0548. The third-order valence-electron chi connectivity index (χ3n) is 3.58. The van der Waals surface area contributed by atoms with Crippen LogP contribution in [0.3, 0.4) is 0 Å². The minimum Gasteiger partial charge on any atom is -0.354 e. The fourth-order valence-corrected chi connectivity index (χ4v) is 2.67. The molecule has 1 aromatic rings. The lowest BCUT2D eigenvalue weighted by Gasteiger charge is -2.37. The van der Waals surface area contributed by atoms with Crippen molar-refractivity contribution in [1.82, 2.24) is 9.88 Å². The van der Waals surface area contributed by atoms with E-state index in [1.807, 2.05) is 19.0 Å². The lowest BCUT2D eigenvalue weighted by molar-refractivity contribution is -0.137. The summed E-state index contributed by atoms with van der Waals surface area (Å²) in [5, 5.41) is 0.0548. The lowest BCUT2D eigenvalue weighted by Crippen LogP contribution is -2.45. The van der Waals surface area contributed by atoms with Crippen molar-refractivity contribution in [3.05, 3.63) is 22.8 Å². The predicted octanol–water partition coefficient (Wildman–Crippen LogP) is 3.28. The van der Waals surface area contributed by atoms with Crippen molar-refractivity contribution in [2.24, 2.45) is 0 Å². The van der Waals surface area contributed by atoms with Crippen LogP contribution in [0.25, 0.3) is 0 Å². The Morgan fingerprint density at radius 3 is 2.65 bits per heavy atom. The number of hydrogen-bond acceptors (Lipinski definition) is 3. The van der Waals surface area contributed by atoms with Crippen LogP contribution < -0.4 is 4.90 Å². The first-order chi connectivity index (χ1) is 9.29. The quantitative estimate of drug-likeness (QED) is 0.836. The van der Waals surface area contributed by atoms with E-state index in [9.17, 15) is 13.2 Å². The van der Waals surface area contributed by atoms with E-state index in [0.717, 1.165) is 38.2 Å². The normalized spacial score (nSPS) is 20.6. The summed E-state index contributed by atoms with van der Waals surface area (Å²) in [5.74, 6) is 0.436. The van der Waals surface area contributed by atoms with Crippen LogP contribution in [0.5, 0.6) is 0 Å². The molecule has 0 aromatic carbocycles. The molecular weight excluding hydrogens is 291 g/mol. The number of pyridine rings is 1. The molecule has 20 heavy (non-hydrogen) atoms. The molecule has 1 fully saturated rings. The van der Waals surface area contributed by atoms with E-state index in [0.29, 0.717) is 11.9 Å². The van der Waals surface area contributed by atoms with E-state index < -0.39 is 11.7 Å². The van der Waals surface area contributed by atoms with Crippen molar-refractivity contribution < 1.29 is 13.2 Å². The SMILES string of the molecule is CN(C)C1CCCN(c2ncc(C(F)(F)F)cc2Cl)C1. The maximum Gasteiger partial charge on any atom is 0.417 e. The smallest absolute Gasteiger partial charge is 0.354 e. The summed E-state index contributed by atoms with van der Waals surface area (Å²) in [6.07, 6.45) is -1.52. The molecule has 0 N–H and O–H groups in total. The van der Waals surface area contributed by atoms with E-state index in [-0.39, 0.29) is 5.02 Å². The number of nitrogens with zero attached hydrogens (tertiary/aromatic N) is 3. The van der Waals surface area contributed by atoms with Crippen LogP contribution in [0, 0.1) is 0 Å². The molecule has 2 heterocycles. The van der Waals surface area contributed by atoms with Gasteiger partial charge >= 0.3 is 6.18 Å². The largest absolute Gasteiger partial charge is 0.417 e. The molecular formula is C13H17ClF3N3. The molecule has 0 amide bonds. The Kier molecular flexibility index (Phi) is 4.44. The van der Waals surface area contributed by atoms with Crippen LogP contribution in [-0.2, 0) is 6.18 Å². The number of aromatic nitrogens is 1. The Morgan fingerprint density at radius 2 is 2.10 bits per heavy atom. The van der Waals surface area contributed by atoms with Crippen molar-refractivity contribution in [3.63, 3.8) is 0 Å². The van der Waals surface area contributed by atoms with Crippen LogP contribution in [0.2, 0.25) is 5.02 Å².